The molecule has 10 nitrogen and oxygen atoms in total. The van der Waals surface area contributed by atoms with E-state index in [-0.39, 0.29) is 53.0 Å². The summed E-state index contributed by atoms with van der Waals surface area (Å²) in [4.78, 5) is 48.7. The third kappa shape index (κ3) is 8.29. The van der Waals surface area contributed by atoms with Crippen molar-refractivity contribution in [2.24, 2.45) is 5.92 Å². The molecule has 0 bridgehead atoms. The number of rotatable bonds is 8. The minimum absolute atomic E-state index is 0.0148. The van der Waals surface area contributed by atoms with Crippen LogP contribution in [0.25, 0.3) is 0 Å². The van der Waals surface area contributed by atoms with Gasteiger partial charge in [0.15, 0.2) is 0 Å². The van der Waals surface area contributed by atoms with Gasteiger partial charge in [-0.1, -0.05) is 11.6 Å². The van der Waals surface area contributed by atoms with Gasteiger partial charge in [0.05, 0.1) is 27.9 Å². The number of anilines is 2. The maximum absolute atomic E-state index is 14.1. The predicted molar refractivity (Wildman–Crippen MR) is 185 cm³/mol. The van der Waals surface area contributed by atoms with E-state index >= 15 is 0 Å². The number of hydrogen-bond acceptors (Lipinski definition) is 7. The lowest BCUT2D eigenvalue weighted by Crippen LogP contribution is -2.55. The number of hydrogen-bond donors (Lipinski definition) is 3. The fourth-order valence-corrected chi connectivity index (χ4v) is 8.96. The largest absolute Gasteiger partial charge is 0.418 e. The highest BCUT2D eigenvalue weighted by molar-refractivity contribution is 7.08. The lowest BCUT2D eigenvalue weighted by molar-refractivity contribution is -0.143. The minimum Gasteiger partial charge on any atom is -0.386 e. The van der Waals surface area contributed by atoms with Gasteiger partial charge in [-0.15, -0.1) is 11.3 Å². The number of alkyl halides is 3. The molecule has 0 saturated carbocycles. The van der Waals surface area contributed by atoms with Crippen molar-refractivity contribution in [1.82, 2.24) is 24.9 Å². The summed E-state index contributed by atoms with van der Waals surface area (Å²) in [6.07, 6.45) is -0.705. The summed E-state index contributed by atoms with van der Waals surface area (Å²) in [6.45, 7) is 5.89. The Labute approximate surface area is 294 Å². The molecule has 1 aromatic carbocycles. The number of thiophene rings is 1. The zero-order valence-electron chi connectivity index (χ0n) is 27.8. The number of halogens is 4. The molecule has 0 aliphatic carbocycles. The molecule has 2 aromatic rings. The SMILES string of the molecule is CNc1c(Cl)cc(C[C@@H](CC(=O)N2CCC(N3CCc4cscc4NC3=O)CC2)C(=O)N2CCN(C3CCNCC3)CC2)cc1C(F)(F)F. The summed E-state index contributed by atoms with van der Waals surface area (Å²) in [5.41, 5.74) is 1.12. The van der Waals surface area contributed by atoms with E-state index < -0.39 is 17.7 Å². The van der Waals surface area contributed by atoms with Crippen LogP contribution in [-0.4, -0.2) is 115 Å². The molecule has 5 heterocycles. The van der Waals surface area contributed by atoms with Gasteiger partial charge in [-0.25, -0.2) is 4.79 Å². The van der Waals surface area contributed by atoms with E-state index in [0.717, 1.165) is 62.8 Å². The number of urea groups is 1. The first-order valence-electron chi connectivity index (χ1n) is 17.2. The highest BCUT2D eigenvalue weighted by Crippen LogP contribution is 2.40. The first kappa shape index (κ1) is 35.7. The lowest BCUT2D eigenvalue weighted by Gasteiger charge is -2.42. The molecule has 1 atom stereocenters. The molecule has 3 fully saturated rings. The van der Waals surface area contributed by atoms with Gasteiger partial charge in [-0.05, 0) is 80.3 Å². The second-order valence-corrected chi connectivity index (χ2v) is 14.6. The average Bonchev–Trinajstić information content (AvgIpc) is 3.47. The van der Waals surface area contributed by atoms with Crippen LogP contribution >= 0.6 is 22.9 Å². The number of fused-ring (bicyclic) bond motifs is 1. The molecular weight excluding hydrogens is 679 g/mol. The van der Waals surface area contributed by atoms with Crippen molar-refractivity contribution in [2.45, 2.75) is 63.2 Å². The molecule has 0 unspecified atom stereocenters. The normalized spacial score (nSPS) is 20.8. The summed E-state index contributed by atoms with van der Waals surface area (Å²) in [5, 5.41) is 12.8. The average molecular weight is 724 g/mol. The molecule has 4 aliphatic rings. The second-order valence-electron chi connectivity index (χ2n) is 13.5. The van der Waals surface area contributed by atoms with Crippen molar-refractivity contribution in [3.8, 4) is 0 Å². The van der Waals surface area contributed by atoms with Crippen LogP contribution in [0.3, 0.4) is 0 Å². The van der Waals surface area contributed by atoms with Crippen molar-refractivity contribution in [3.05, 3.63) is 44.6 Å². The van der Waals surface area contributed by atoms with Crippen molar-refractivity contribution in [1.29, 1.82) is 0 Å². The van der Waals surface area contributed by atoms with E-state index in [1.165, 1.54) is 13.1 Å². The summed E-state index contributed by atoms with van der Waals surface area (Å²) >= 11 is 7.88. The molecule has 4 aliphatic heterocycles. The Morgan fingerprint density at radius 3 is 2.37 bits per heavy atom. The molecule has 15 heteroatoms. The van der Waals surface area contributed by atoms with Gasteiger partial charge < -0.3 is 30.7 Å². The number of likely N-dealkylation sites (tertiary alicyclic amines) is 1. The maximum Gasteiger partial charge on any atom is 0.418 e. The fraction of sp³-hybridized carbons (Fsp3) is 0.618. The van der Waals surface area contributed by atoms with Gasteiger partial charge in [0.2, 0.25) is 11.8 Å². The Hall–Kier alpha value is -3.07. The molecule has 4 amide bonds. The Balaban J connectivity index is 1.13. The van der Waals surface area contributed by atoms with E-state index in [2.05, 4.69) is 26.2 Å². The molecule has 49 heavy (non-hydrogen) atoms. The number of nitrogens with one attached hydrogen (secondary N) is 3. The maximum atomic E-state index is 14.1. The third-order valence-electron chi connectivity index (χ3n) is 10.5. The molecule has 3 saturated heterocycles. The van der Waals surface area contributed by atoms with Crippen LogP contribution in [0.4, 0.5) is 29.3 Å². The smallest absolute Gasteiger partial charge is 0.386 e. The molecule has 1 aromatic heterocycles. The van der Waals surface area contributed by atoms with E-state index in [9.17, 15) is 27.6 Å². The third-order valence-corrected chi connectivity index (χ3v) is 11.6. The van der Waals surface area contributed by atoms with Crippen molar-refractivity contribution in [2.75, 3.05) is 76.6 Å². The Morgan fingerprint density at radius 1 is 0.980 bits per heavy atom. The van der Waals surface area contributed by atoms with Crippen molar-refractivity contribution in [3.63, 3.8) is 0 Å². The monoisotopic (exact) mass is 723 g/mol. The van der Waals surface area contributed by atoms with Gasteiger partial charge >= 0.3 is 12.2 Å². The zero-order valence-corrected chi connectivity index (χ0v) is 29.4. The quantitative estimate of drug-likeness (QED) is 0.355. The number of carbonyl (C=O) groups is 3. The van der Waals surface area contributed by atoms with Gasteiger partial charge in [-0.3, -0.25) is 14.5 Å². The Bertz CT molecular complexity index is 1500. The van der Waals surface area contributed by atoms with Crippen LogP contribution in [0.15, 0.2) is 22.9 Å². The lowest BCUT2D eigenvalue weighted by atomic mass is 9.91. The molecular formula is C34H45ClF3N7O3S. The predicted octanol–water partition coefficient (Wildman–Crippen LogP) is 4.99. The van der Waals surface area contributed by atoms with Gasteiger partial charge in [0, 0.05) is 76.7 Å². The van der Waals surface area contributed by atoms with Crippen LogP contribution in [0.2, 0.25) is 5.02 Å². The molecule has 268 valence electrons. The summed E-state index contributed by atoms with van der Waals surface area (Å²) < 4.78 is 42.1. The molecule has 0 radical (unpaired) electrons. The van der Waals surface area contributed by atoms with E-state index in [0.29, 0.717) is 51.6 Å². The minimum atomic E-state index is -4.65. The number of benzene rings is 1. The summed E-state index contributed by atoms with van der Waals surface area (Å²) in [6, 6.07) is 2.82. The second kappa shape index (κ2) is 15.4. The van der Waals surface area contributed by atoms with Gasteiger partial charge in [-0.2, -0.15) is 13.2 Å². The van der Waals surface area contributed by atoms with Crippen LogP contribution < -0.4 is 16.0 Å². The molecule has 3 N–H and O–H groups in total. The molecule has 6 rings (SSSR count). The molecule has 0 spiro atoms. The van der Waals surface area contributed by atoms with E-state index in [4.69, 9.17) is 11.6 Å². The summed E-state index contributed by atoms with van der Waals surface area (Å²) in [7, 11) is 1.38. The topological polar surface area (TPSA) is 100 Å². The van der Waals surface area contributed by atoms with Crippen LogP contribution in [-0.2, 0) is 28.6 Å². The van der Waals surface area contributed by atoms with Crippen LogP contribution in [0.5, 0.6) is 0 Å². The van der Waals surface area contributed by atoms with Gasteiger partial charge in [0.25, 0.3) is 0 Å². The van der Waals surface area contributed by atoms with Crippen molar-refractivity contribution >= 4 is 52.2 Å². The summed E-state index contributed by atoms with van der Waals surface area (Å²) in [5.74, 6) is -1.27. The van der Waals surface area contributed by atoms with Crippen LogP contribution in [0, 0.1) is 5.92 Å². The number of nitrogens with zero attached hydrogens (tertiary/aromatic N) is 4. The first-order valence-corrected chi connectivity index (χ1v) is 18.5. The van der Waals surface area contributed by atoms with Crippen LogP contribution in [0.1, 0.15) is 48.8 Å². The highest BCUT2D eigenvalue weighted by Gasteiger charge is 2.38. The fourth-order valence-electron chi connectivity index (χ4n) is 7.80. The number of piperidine rings is 2. The zero-order chi connectivity index (χ0) is 34.7. The van der Waals surface area contributed by atoms with Gasteiger partial charge in [0.1, 0.15) is 0 Å². The van der Waals surface area contributed by atoms with E-state index in [1.54, 1.807) is 21.1 Å². The Kier molecular flexibility index (Phi) is 11.3. The van der Waals surface area contributed by atoms with Crippen molar-refractivity contribution < 1.29 is 27.6 Å². The standard InChI is InChI=1S/C34H45ClF3N7O3S/c1-39-31-27(34(36,37)38)17-22(18-28(31)35)16-24(32(47)44-14-12-42(13-15-44)25-2-7-40-8-3-25)19-30(46)43-9-5-26(6-10-43)45-11-4-23-20-49-21-29(23)41-33(45)48/h17-18,20-21,24-26,39-40H,2-16,19H2,1H3,(H,41,48)/t24-/m0/s1. The number of piperazine rings is 1. The first-order chi connectivity index (χ1) is 23.5. The Morgan fingerprint density at radius 2 is 1.69 bits per heavy atom. The number of amides is 4. The van der Waals surface area contributed by atoms with E-state index in [1.807, 2.05) is 10.3 Å². The number of carbonyl (C=O) groups excluding carboxylic acids is 3. The highest BCUT2D eigenvalue weighted by atomic mass is 35.5.